The van der Waals surface area contributed by atoms with Gasteiger partial charge in [-0.2, -0.15) is 4.37 Å². The zero-order chi connectivity index (χ0) is 16.0. The second kappa shape index (κ2) is 7.90. The van der Waals surface area contributed by atoms with E-state index in [4.69, 9.17) is 15.2 Å². The number of rotatable bonds is 9. The third kappa shape index (κ3) is 4.27. The fourth-order valence-electron chi connectivity index (χ4n) is 1.63. The molecule has 0 atom stereocenters. The predicted octanol–water partition coefficient (Wildman–Crippen LogP) is 0.0748. The average molecular weight is 338 g/mol. The van der Waals surface area contributed by atoms with E-state index in [0.717, 1.165) is 15.8 Å². The molecule has 8 nitrogen and oxygen atoms in total. The molecule has 0 unspecified atom stereocenters. The van der Waals surface area contributed by atoms with Crippen LogP contribution >= 0.6 is 11.5 Å². The Hall–Kier alpha value is -0.940. The van der Waals surface area contributed by atoms with Crippen LogP contribution < -0.4 is 10.6 Å². The highest BCUT2D eigenvalue weighted by Crippen LogP contribution is 2.35. The normalized spacial score (nSPS) is 12.0. The summed E-state index contributed by atoms with van der Waals surface area (Å²) in [6.45, 7) is 1.97. The molecule has 0 saturated heterocycles. The number of nitrogens with zero attached hydrogens (tertiary/aromatic N) is 3. The van der Waals surface area contributed by atoms with E-state index < -0.39 is 10.0 Å². The molecule has 0 fully saturated rings. The number of anilines is 2. The van der Waals surface area contributed by atoms with Gasteiger partial charge in [0.05, 0.1) is 13.2 Å². The lowest BCUT2D eigenvalue weighted by molar-refractivity contribution is 0.190. The minimum atomic E-state index is -3.66. The van der Waals surface area contributed by atoms with Crippen molar-refractivity contribution in [1.82, 2.24) is 8.68 Å². The minimum Gasteiger partial charge on any atom is -0.383 e. The molecule has 0 aliphatic heterocycles. The summed E-state index contributed by atoms with van der Waals surface area (Å²) < 4.78 is 40.1. The predicted molar refractivity (Wildman–Crippen MR) is 83.4 cm³/mol. The SMILES string of the molecule is COCCN(CCOC)c1snc(N)c1S(=O)(=O)N(C)C. The van der Waals surface area contributed by atoms with Crippen molar-refractivity contribution in [3.05, 3.63) is 0 Å². The molecule has 1 aromatic rings. The van der Waals surface area contributed by atoms with Crippen LogP contribution in [-0.2, 0) is 19.5 Å². The molecule has 1 rings (SSSR count). The topological polar surface area (TPSA) is 98.0 Å². The molecule has 0 amide bonds. The Balaban J connectivity index is 3.20. The smallest absolute Gasteiger partial charge is 0.249 e. The summed E-state index contributed by atoms with van der Waals surface area (Å²) in [5, 5.41) is 0.510. The van der Waals surface area contributed by atoms with E-state index in [1.807, 2.05) is 4.90 Å². The lowest BCUT2D eigenvalue weighted by Crippen LogP contribution is -2.32. The maximum absolute atomic E-state index is 12.4. The van der Waals surface area contributed by atoms with Gasteiger partial charge in [-0.25, -0.2) is 12.7 Å². The summed E-state index contributed by atoms with van der Waals surface area (Å²) in [6.07, 6.45) is 0. The summed E-state index contributed by atoms with van der Waals surface area (Å²) in [4.78, 5) is 1.90. The summed E-state index contributed by atoms with van der Waals surface area (Å²) in [7, 11) is 2.45. The third-order valence-electron chi connectivity index (χ3n) is 2.81. The average Bonchev–Trinajstić information content (AvgIpc) is 2.81. The van der Waals surface area contributed by atoms with Gasteiger partial charge in [0.25, 0.3) is 0 Å². The van der Waals surface area contributed by atoms with Crippen LogP contribution in [0.1, 0.15) is 0 Å². The number of nitrogens with two attached hydrogens (primary N) is 1. The Bertz CT molecular complexity index is 536. The zero-order valence-electron chi connectivity index (χ0n) is 12.7. The first kappa shape index (κ1) is 18.1. The Morgan fingerprint density at radius 1 is 1.19 bits per heavy atom. The fourth-order valence-corrected chi connectivity index (χ4v) is 3.90. The van der Waals surface area contributed by atoms with Gasteiger partial charge in [0.15, 0.2) is 10.7 Å². The lowest BCUT2D eigenvalue weighted by atomic mass is 10.4. The van der Waals surface area contributed by atoms with Crippen molar-refractivity contribution in [2.75, 3.05) is 65.3 Å². The number of aromatic nitrogens is 1. The van der Waals surface area contributed by atoms with Gasteiger partial charge in [-0.15, -0.1) is 0 Å². The first-order valence-electron chi connectivity index (χ1n) is 6.26. The van der Waals surface area contributed by atoms with Crippen LogP contribution in [0, 0.1) is 0 Å². The molecule has 1 heterocycles. The molecule has 122 valence electrons. The molecule has 21 heavy (non-hydrogen) atoms. The molecule has 1 aromatic heterocycles. The number of nitrogen functional groups attached to an aromatic ring is 1. The van der Waals surface area contributed by atoms with Crippen molar-refractivity contribution < 1.29 is 17.9 Å². The number of hydrogen-bond donors (Lipinski definition) is 1. The largest absolute Gasteiger partial charge is 0.383 e. The fraction of sp³-hybridized carbons (Fsp3) is 0.727. The second-order valence-electron chi connectivity index (χ2n) is 4.46. The Kier molecular flexibility index (Phi) is 6.81. The molecule has 2 N–H and O–H groups in total. The Labute approximate surface area is 129 Å². The van der Waals surface area contributed by atoms with Crippen molar-refractivity contribution in [1.29, 1.82) is 0 Å². The molecule has 10 heteroatoms. The molecule has 0 aliphatic rings. The number of methoxy groups -OCH3 is 2. The molecular formula is C11H22N4O4S2. The molecule has 0 aromatic carbocycles. The Morgan fingerprint density at radius 3 is 2.14 bits per heavy atom. The first-order chi connectivity index (χ1) is 9.86. The highest BCUT2D eigenvalue weighted by molar-refractivity contribution is 7.89. The first-order valence-corrected chi connectivity index (χ1v) is 8.48. The van der Waals surface area contributed by atoms with Crippen molar-refractivity contribution in [3.8, 4) is 0 Å². The number of sulfonamides is 1. The van der Waals surface area contributed by atoms with E-state index in [-0.39, 0.29) is 10.7 Å². The van der Waals surface area contributed by atoms with Crippen LogP contribution in [0.15, 0.2) is 4.90 Å². The van der Waals surface area contributed by atoms with Gasteiger partial charge >= 0.3 is 0 Å². The minimum absolute atomic E-state index is 0.0172. The monoisotopic (exact) mass is 338 g/mol. The van der Waals surface area contributed by atoms with E-state index >= 15 is 0 Å². The van der Waals surface area contributed by atoms with E-state index in [2.05, 4.69) is 4.37 Å². The molecule has 0 bridgehead atoms. The van der Waals surface area contributed by atoms with Crippen LogP contribution in [0.3, 0.4) is 0 Å². The van der Waals surface area contributed by atoms with Gasteiger partial charge in [0.1, 0.15) is 5.00 Å². The molecule has 0 saturated carbocycles. The van der Waals surface area contributed by atoms with Crippen molar-refractivity contribution in [3.63, 3.8) is 0 Å². The quantitative estimate of drug-likeness (QED) is 0.680. The summed E-state index contributed by atoms with van der Waals surface area (Å²) in [6, 6.07) is 0. The van der Waals surface area contributed by atoms with Gasteiger partial charge in [-0.1, -0.05) is 0 Å². The summed E-state index contributed by atoms with van der Waals surface area (Å²) in [5.74, 6) is 0.0172. The van der Waals surface area contributed by atoms with Gasteiger partial charge in [0.2, 0.25) is 10.0 Å². The third-order valence-corrected chi connectivity index (χ3v) is 5.75. The van der Waals surface area contributed by atoms with Crippen LogP contribution in [0.4, 0.5) is 10.8 Å². The van der Waals surface area contributed by atoms with Gasteiger partial charge in [0, 0.05) is 41.4 Å². The van der Waals surface area contributed by atoms with Crippen molar-refractivity contribution >= 4 is 32.4 Å². The maximum atomic E-state index is 12.4. The second-order valence-corrected chi connectivity index (χ2v) is 7.30. The maximum Gasteiger partial charge on any atom is 0.249 e. The van der Waals surface area contributed by atoms with Crippen LogP contribution in [0.25, 0.3) is 0 Å². The highest BCUT2D eigenvalue weighted by Gasteiger charge is 2.30. The van der Waals surface area contributed by atoms with Crippen LogP contribution in [0.2, 0.25) is 0 Å². The molecule has 0 radical (unpaired) electrons. The van der Waals surface area contributed by atoms with E-state index in [0.29, 0.717) is 31.3 Å². The molecule has 0 aliphatic carbocycles. The standard InChI is InChI=1S/C11H22N4O4S2/c1-14(2)21(16,17)9-10(12)13-20-11(9)15(5-7-18-3)6-8-19-4/h5-8H2,1-4H3,(H2,12,13). The van der Waals surface area contributed by atoms with Crippen LogP contribution in [0.5, 0.6) is 0 Å². The highest BCUT2D eigenvalue weighted by atomic mass is 32.2. The van der Waals surface area contributed by atoms with Crippen molar-refractivity contribution in [2.24, 2.45) is 0 Å². The Morgan fingerprint density at radius 2 is 1.71 bits per heavy atom. The van der Waals surface area contributed by atoms with Crippen LogP contribution in [-0.4, -0.2) is 71.7 Å². The zero-order valence-corrected chi connectivity index (χ0v) is 14.3. The lowest BCUT2D eigenvalue weighted by Gasteiger charge is -2.24. The number of ether oxygens (including phenoxy) is 2. The molecular weight excluding hydrogens is 316 g/mol. The van der Waals surface area contributed by atoms with E-state index in [1.165, 1.54) is 14.1 Å². The van der Waals surface area contributed by atoms with Gasteiger partial charge in [-0.3, -0.25) is 0 Å². The van der Waals surface area contributed by atoms with Gasteiger partial charge in [-0.05, 0) is 11.5 Å². The summed E-state index contributed by atoms with van der Waals surface area (Å²) >= 11 is 1.06. The van der Waals surface area contributed by atoms with Gasteiger partial charge < -0.3 is 20.1 Å². The van der Waals surface area contributed by atoms with E-state index in [9.17, 15) is 8.42 Å². The number of hydrogen-bond acceptors (Lipinski definition) is 8. The van der Waals surface area contributed by atoms with E-state index in [1.54, 1.807) is 14.2 Å². The van der Waals surface area contributed by atoms with Crippen molar-refractivity contribution in [2.45, 2.75) is 4.90 Å². The molecule has 0 spiro atoms. The summed E-state index contributed by atoms with van der Waals surface area (Å²) in [5.41, 5.74) is 5.76.